The summed E-state index contributed by atoms with van der Waals surface area (Å²) in [6.07, 6.45) is 3.37. The molecule has 2 heterocycles. The molecule has 5 nitrogen and oxygen atoms in total. The van der Waals surface area contributed by atoms with Crippen LogP contribution in [-0.4, -0.2) is 40.6 Å². The van der Waals surface area contributed by atoms with Crippen LogP contribution in [0.25, 0.3) is 0 Å². The number of amides is 1. The second-order valence-corrected chi connectivity index (χ2v) is 7.82. The third kappa shape index (κ3) is 4.92. The fraction of sp³-hybridized carbons (Fsp3) is 0.400. The Morgan fingerprint density at radius 3 is 2.56 bits per heavy atom. The highest BCUT2D eigenvalue weighted by molar-refractivity contribution is 6.33. The molecule has 1 aliphatic heterocycles. The van der Waals surface area contributed by atoms with Crippen molar-refractivity contribution in [3.63, 3.8) is 0 Å². The maximum Gasteiger partial charge on any atom is 0.255 e. The second kappa shape index (κ2) is 8.91. The number of piperidine rings is 1. The summed E-state index contributed by atoms with van der Waals surface area (Å²) in [4.78, 5) is 18.9. The molecular formula is C20H23Cl2N3O2. The first kappa shape index (κ1) is 19.9. The first-order valence-electron chi connectivity index (χ1n) is 9.06. The molecule has 2 aromatic rings. The Bertz CT molecular complexity index is 790. The minimum absolute atomic E-state index is 0.0578. The van der Waals surface area contributed by atoms with Gasteiger partial charge in [-0.3, -0.25) is 4.79 Å². The van der Waals surface area contributed by atoms with Crippen molar-refractivity contribution in [2.45, 2.75) is 19.8 Å². The third-order valence-corrected chi connectivity index (χ3v) is 5.65. The van der Waals surface area contributed by atoms with Crippen molar-refractivity contribution in [2.24, 2.45) is 11.8 Å². The summed E-state index contributed by atoms with van der Waals surface area (Å²) in [5, 5.41) is 13.5. The standard InChI is InChI=1S/C20H23Cl2N3O2/c1-13(12-26)14-6-8-25(9-7-14)20(27)15-10-18(22)19(23-11-15)24-17-4-2-16(21)3-5-17/h2-5,10-11,13-14,26H,6-9,12H2,1H3,(H,23,24). The van der Waals surface area contributed by atoms with E-state index in [1.807, 2.05) is 17.0 Å². The lowest BCUT2D eigenvalue weighted by atomic mass is 9.86. The Hall–Kier alpha value is -1.82. The van der Waals surface area contributed by atoms with E-state index in [1.165, 1.54) is 0 Å². The molecule has 1 fully saturated rings. The van der Waals surface area contributed by atoms with Crippen LogP contribution in [0.3, 0.4) is 0 Å². The fourth-order valence-corrected chi connectivity index (χ4v) is 3.66. The number of likely N-dealkylation sites (tertiary alicyclic amines) is 1. The Morgan fingerprint density at radius 2 is 1.96 bits per heavy atom. The SMILES string of the molecule is CC(CO)C1CCN(C(=O)c2cnc(Nc3ccc(Cl)cc3)c(Cl)c2)CC1. The summed E-state index contributed by atoms with van der Waals surface area (Å²) in [5.41, 5.74) is 1.29. The van der Waals surface area contributed by atoms with Crippen LogP contribution in [0, 0.1) is 11.8 Å². The maximum absolute atomic E-state index is 12.7. The van der Waals surface area contributed by atoms with E-state index in [4.69, 9.17) is 23.2 Å². The van der Waals surface area contributed by atoms with E-state index in [9.17, 15) is 9.90 Å². The molecule has 2 N–H and O–H groups in total. The van der Waals surface area contributed by atoms with Crippen LogP contribution >= 0.6 is 23.2 Å². The molecule has 0 saturated carbocycles. The highest BCUT2D eigenvalue weighted by atomic mass is 35.5. The van der Waals surface area contributed by atoms with Gasteiger partial charge in [-0.2, -0.15) is 0 Å². The molecule has 0 radical (unpaired) electrons. The quantitative estimate of drug-likeness (QED) is 0.758. The summed E-state index contributed by atoms with van der Waals surface area (Å²) < 4.78 is 0. The second-order valence-electron chi connectivity index (χ2n) is 6.98. The third-order valence-electron chi connectivity index (χ3n) is 5.11. The summed E-state index contributed by atoms with van der Waals surface area (Å²) in [6, 6.07) is 8.86. The van der Waals surface area contributed by atoms with Gasteiger partial charge in [0.1, 0.15) is 5.82 Å². The number of hydrogen-bond donors (Lipinski definition) is 2. The molecule has 1 saturated heterocycles. The number of nitrogens with one attached hydrogen (secondary N) is 1. The van der Waals surface area contributed by atoms with Crippen LogP contribution in [0.2, 0.25) is 10.0 Å². The monoisotopic (exact) mass is 407 g/mol. The number of benzene rings is 1. The average molecular weight is 408 g/mol. The van der Waals surface area contributed by atoms with Gasteiger partial charge in [-0.25, -0.2) is 4.98 Å². The minimum atomic E-state index is -0.0578. The van der Waals surface area contributed by atoms with Crippen molar-refractivity contribution in [1.29, 1.82) is 0 Å². The lowest BCUT2D eigenvalue weighted by Gasteiger charge is -2.34. The Labute approximate surface area is 169 Å². The van der Waals surface area contributed by atoms with Crippen LogP contribution in [0.5, 0.6) is 0 Å². The topological polar surface area (TPSA) is 65.5 Å². The molecule has 27 heavy (non-hydrogen) atoms. The van der Waals surface area contributed by atoms with Crippen LogP contribution in [0.15, 0.2) is 36.5 Å². The number of pyridine rings is 1. The predicted molar refractivity (Wildman–Crippen MR) is 109 cm³/mol. The van der Waals surface area contributed by atoms with E-state index < -0.39 is 0 Å². The number of aliphatic hydroxyl groups excluding tert-OH is 1. The van der Waals surface area contributed by atoms with Crippen molar-refractivity contribution in [3.8, 4) is 0 Å². The lowest BCUT2D eigenvalue weighted by molar-refractivity contribution is 0.0632. The van der Waals surface area contributed by atoms with Gasteiger partial charge in [-0.1, -0.05) is 30.1 Å². The normalized spacial score (nSPS) is 16.2. The van der Waals surface area contributed by atoms with Crippen LogP contribution in [0.4, 0.5) is 11.5 Å². The zero-order valence-electron chi connectivity index (χ0n) is 15.2. The number of aromatic nitrogens is 1. The van der Waals surface area contributed by atoms with Gasteiger partial charge in [-0.05, 0) is 55.0 Å². The summed E-state index contributed by atoms with van der Waals surface area (Å²) in [6.45, 7) is 3.63. The van der Waals surface area contributed by atoms with Gasteiger partial charge in [-0.15, -0.1) is 0 Å². The molecule has 1 aromatic heterocycles. The van der Waals surface area contributed by atoms with E-state index in [0.29, 0.717) is 40.4 Å². The van der Waals surface area contributed by atoms with Gasteiger partial charge in [0.2, 0.25) is 0 Å². The van der Waals surface area contributed by atoms with Crippen LogP contribution in [0.1, 0.15) is 30.1 Å². The van der Waals surface area contributed by atoms with Crippen molar-refractivity contribution in [2.75, 3.05) is 25.0 Å². The number of aliphatic hydroxyl groups is 1. The predicted octanol–water partition coefficient (Wildman–Crippen LogP) is 4.61. The van der Waals surface area contributed by atoms with Crippen molar-refractivity contribution in [3.05, 3.63) is 52.1 Å². The fourth-order valence-electron chi connectivity index (χ4n) is 3.32. The highest BCUT2D eigenvalue weighted by Crippen LogP contribution is 2.28. The number of nitrogens with zero attached hydrogens (tertiary/aromatic N) is 2. The van der Waals surface area contributed by atoms with Gasteiger partial charge in [0.25, 0.3) is 5.91 Å². The number of carbonyl (C=O) groups is 1. The van der Waals surface area contributed by atoms with Crippen LogP contribution < -0.4 is 5.32 Å². The zero-order chi connectivity index (χ0) is 19.4. The molecule has 1 amide bonds. The first-order chi connectivity index (χ1) is 13.0. The van der Waals surface area contributed by atoms with Crippen molar-refractivity contribution >= 4 is 40.6 Å². The van der Waals surface area contributed by atoms with Crippen molar-refractivity contribution < 1.29 is 9.90 Å². The Kier molecular flexibility index (Phi) is 6.58. The first-order valence-corrected chi connectivity index (χ1v) is 9.81. The van der Waals surface area contributed by atoms with E-state index in [0.717, 1.165) is 18.5 Å². The summed E-state index contributed by atoms with van der Waals surface area (Å²) >= 11 is 12.2. The molecule has 0 spiro atoms. The molecule has 3 rings (SSSR count). The molecule has 0 bridgehead atoms. The number of rotatable bonds is 5. The molecule has 7 heteroatoms. The van der Waals surface area contributed by atoms with Gasteiger partial charge >= 0.3 is 0 Å². The van der Waals surface area contributed by atoms with Crippen molar-refractivity contribution in [1.82, 2.24) is 9.88 Å². The zero-order valence-corrected chi connectivity index (χ0v) is 16.7. The maximum atomic E-state index is 12.7. The molecule has 144 valence electrons. The average Bonchev–Trinajstić information content (AvgIpc) is 2.70. The van der Waals surface area contributed by atoms with E-state index in [-0.39, 0.29) is 18.4 Å². The number of anilines is 2. The molecule has 1 atom stereocenters. The summed E-state index contributed by atoms with van der Waals surface area (Å²) in [7, 11) is 0. The molecule has 1 unspecified atom stereocenters. The van der Waals surface area contributed by atoms with E-state index in [1.54, 1.807) is 24.4 Å². The largest absolute Gasteiger partial charge is 0.396 e. The van der Waals surface area contributed by atoms with E-state index >= 15 is 0 Å². The highest BCUT2D eigenvalue weighted by Gasteiger charge is 2.27. The number of halogens is 2. The summed E-state index contributed by atoms with van der Waals surface area (Å²) in [5.74, 6) is 1.17. The van der Waals surface area contributed by atoms with E-state index in [2.05, 4.69) is 17.2 Å². The molecular weight excluding hydrogens is 385 g/mol. The van der Waals surface area contributed by atoms with Gasteiger partial charge in [0, 0.05) is 36.6 Å². The lowest BCUT2D eigenvalue weighted by Crippen LogP contribution is -2.40. The van der Waals surface area contributed by atoms with Gasteiger partial charge in [0.15, 0.2) is 0 Å². The Balaban J connectivity index is 1.64. The molecule has 1 aromatic carbocycles. The Morgan fingerprint density at radius 1 is 1.30 bits per heavy atom. The number of carbonyl (C=O) groups excluding carboxylic acids is 1. The minimum Gasteiger partial charge on any atom is -0.396 e. The van der Waals surface area contributed by atoms with Gasteiger partial charge in [0.05, 0.1) is 10.6 Å². The molecule has 1 aliphatic rings. The molecule has 0 aliphatic carbocycles. The van der Waals surface area contributed by atoms with Crippen LogP contribution in [-0.2, 0) is 0 Å². The van der Waals surface area contributed by atoms with Gasteiger partial charge < -0.3 is 15.3 Å². The number of hydrogen-bond acceptors (Lipinski definition) is 4. The smallest absolute Gasteiger partial charge is 0.255 e.